The van der Waals surface area contributed by atoms with E-state index in [1.54, 1.807) is 22.7 Å². The van der Waals surface area contributed by atoms with Crippen LogP contribution in [-0.4, -0.2) is 37.2 Å². The van der Waals surface area contributed by atoms with E-state index in [1.165, 1.54) is 22.2 Å². The van der Waals surface area contributed by atoms with E-state index in [4.69, 9.17) is 16.7 Å². The molecule has 0 fully saturated rings. The summed E-state index contributed by atoms with van der Waals surface area (Å²) in [6.07, 6.45) is 3.35. The number of amides is 1. The molecule has 0 N–H and O–H groups in total. The molecule has 5 rings (SSSR count). The molecular formula is C25H20ClN5O2S. The monoisotopic (exact) mass is 489 g/mol. The number of rotatable bonds is 6. The predicted octanol–water partition coefficient (Wildman–Crippen LogP) is 4.62. The Morgan fingerprint density at radius 1 is 1.09 bits per heavy atom. The lowest BCUT2D eigenvalue weighted by atomic mass is 10.1. The molecule has 1 amide bonds. The second-order valence-electron chi connectivity index (χ2n) is 7.86. The zero-order valence-electron chi connectivity index (χ0n) is 18.3. The Labute approximate surface area is 204 Å². The molecule has 34 heavy (non-hydrogen) atoms. The highest BCUT2D eigenvalue weighted by Crippen LogP contribution is 2.26. The first kappa shape index (κ1) is 22.1. The zero-order chi connectivity index (χ0) is 23.7. The van der Waals surface area contributed by atoms with E-state index in [1.807, 2.05) is 66.2 Å². The Morgan fingerprint density at radius 2 is 1.85 bits per heavy atom. The first-order chi connectivity index (χ1) is 16.5. The number of hydrogen-bond donors (Lipinski definition) is 0. The van der Waals surface area contributed by atoms with Gasteiger partial charge in [-0.2, -0.15) is 5.10 Å². The minimum atomic E-state index is -0.216. The standard InChI is InChI=1S/C25H20ClN5O2S/c1-29(22(32)15-30-16-27-24-21(25(30)33)11-12-34-24)13-18-14-31(20-5-3-2-4-6-20)28-23(18)17-7-9-19(26)10-8-17/h2-12,14,16H,13,15H2,1H3. The Balaban J connectivity index is 1.43. The average molecular weight is 490 g/mol. The van der Waals surface area contributed by atoms with Gasteiger partial charge in [0.2, 0.25) is 5.91 Å². The third-order valence-electron chi connectivity index (χ3n) is 5.52. The number of aromatic nitrogens is 4. The van der Waals surface area contributed by atoms with Gasteiger partial charge in [0.05, 0.1) is 23.1 Å². The van der Waals surface area contributed by atoms with Crippen molar-refractivity contribution < 1.29 is 4.79 Å². The van der Waals surface area contributed by atoms with Gasteiger partial charge in [-0.15, -0.1) is 11.3 Å². The molecular weight excluding hydrogens is 470 g/mol. The lowest BCUT2D eigenvalue weighted by molar-refractivity contribution is -0.131. The van der Waals surface area contributed by atoms with E-state index in [0.717, 1.165) is 22.5 Å². The average Bonchev–Trinajstić information content (AvgIpc) is 3.50. The van der Waals surface area contributed by atoms with E-state index in [-0.39, 0.29) is 18.0 Å². The fourth-order valence-corrected chi connectivity index (χ4v) is 4.55. The molecule has 0 radical (unpaired) electrons. The molecule has 5 aromatic rings. The number of fused-ring (bicyclic) bond motifs is 1. The Hall–Kier alpha value is -3.75. The molecule has 3 heterocycles. The summed E-state index contributed by atoms with van der Waals surface area (Å²) in [7, 11) is 1.72. The maximum Gasteiger partial charge on any atom is 0.262 e. The van der Waals surface area contributed by atoms with Crippen molar-refractivity contribution in [2.75, 3.05) is 7.05 Å². The van der Waals surface area contributed by atoms with Crippen LogP contribution in [0.2, 0.25) is 5.02 Å². The van der Waals surface area contributed by atoms with Crippen LogP contribution in [0.5, 0.6) is 0 Å². The summed E-state index contributed by atoms with van der Waals surface area (Å²) in [6, 6.07) is 19.0. The summed E-state index contributed by atoms with van der Waals surface area (Å²) < 4.78 is 3.15. The van der Waals surface area contributed by atoms with Crippen molar-refractivity contribution in [3.05, 3.63) is 99.5 Å². The summed E-state index contributed by atoms with van der Waals surface area (Å²) in [6.45, 7) is 0.240. The number of hydrogen-bond acceptors (Lipinski definition) is 5. The number of nitrogens with zero attached hydrogens (tertiary/aromatic N) is 5. The zero-order valence-corrected chi connectivity index (χ0v) is 19.8. The van der Waals surface area contributed by atoms with Gasteiger partial charge in [0.1, 0.15) is 11.4 Å². The lowest BCUT2D eigenvalue weighted by Gasteiger charge is -2.17. The third-order valence-corrected chi connectivity index (χ3v) is 6.59. The van der Waals surface area contributed by atoms with Crippen LogP contribution < -0.4 is 5.56 Å². The highest BCUT2D eigenvalue weighted by molar-refractivity contribution is 7.16. The van der Waals surface area contributed by atoms with Gasteiger partial charge in [-0.1, -0.05) is 41.9 Å². The highest BCUT2D eigenvalue weighted by Gasteiger charge is 2.18. The first-order valence-electron chi connectivity index (χ1n) is 10.6. The molecule has 0 atom stereocenters. The number of para-hydroxylation sites is 1. The van der Waals surface area contributed by atoms with Gasteiger partial charge in [-0.05, 0) is 35.7 Å². The van der Waals surface area contributed by atoms with Crippen LogP contribution in [0.4, 0.5) is 0 Å². The number of thiophene rings is 1. The molecule has 170 valence electrons. The lowest BCUT2D eigenvalue weighted by Crippen LogP contribution is -2.33. The quantitative estimate of drug-likeness (QED) is 0.349. The number of likely N-dealkylation sites (N-methyl/N-ethyl adjacent to an activating group) is 1. The van der Waals surface area contributed by atoms with Crippen LogP contribution >= 0.6 is 22.9 Å². The molecule has 0 saturated heterocycles. The topological polar surface area (TPSA) is 73.0 Å². The first-order valence-corrected chi connectivity index (χ1v) is 11.8. The SMILES string of the molecule is CN(Cc1cn(-c2ccccc2)nc1-c1ccc(Cl)cc1)C(=O)Cn1cnc2sccc2c1=O. The molecule has 7 nitrogen and oxygen atoms in total. The Kier molecular flexibility index (Phi) is 6.00. The highest BCUT2D eigenvalue weighted by atomic mass is 35.5. The van der Waals surface area contributed by atoms with E-state index >= 15 is 0 Å². The third kappa shape index (κ3) is 4.37. The molecule has 0 saturated carbocycles. The molecule has 9 heteroatoms. The molecule has 0 aliphatic heterocycles. The second kappa shape index (κ2) is 9.24. The van der Waals surface area contributed by atoms with E-state index in [0.29, 0.717) is 21.8 Å². The van der Waals surface area contributed by atoms with Crippen molar-refractivity contribution in [1.82, 2.24) is 24.2 Å². The van der Waals surface area contributed by atoms with E-state index < -0.39 is 0 Å². The van der Waals surface area contributed by atoms with E-state index in [2.05, 4.69) is 4.98 Å². The molecule has 0 unspecified atom stereocenters. The van der Waals surface area contributed by atoms with Crippen LogP contribution in [0.25, 0.3) is 27.2 Å². The summed E-state index contributed by atoms with van der Waals surface area (Å²) >= 11 is 7.47. The number of carbonyl (C=O) groups is 1. The summed E-state index contributed by atoms with van der Waals surface area (Å²) in [4.78, 5) is 32.2. The summed E-state index contributed by atoms with van der Waals surface area (Å²) in [5.74, 6) is -0.201. The van der Waals surface area contributed by atoms with Crippen molar-refractivity contribution in [1.29, 1.82) is 0 Å². The van der Waals surface area contributed by atoms with Crippen molar-refractivity contribution in [2.24, 2.45) is 0 Å². The van der Waals surface area contributed by atoms with Crippen molar-refractivity contribution >= 4 is 39.1 Å². The smallest absolute Gasteiger partial charge is 0.262 e. The maximum atomic E-state index is 13.0. The van der Waals surface area contributed by atoms with Crippen molar-refractivity contribution in [3.63, 3.8) is 0 Å². The van der Waals surface area contributed by atoms with E-state index in [9.17, 15) is 9.59 Å². The second-order valence-corrected chi connectivity index (χ2v) is 9.19. The van der Waals surface area contributed by atoms with Gasteiger partial charge in [-0.25, -0.2) is 9.67 Å². The fourth-order valence-electron chi connectivity index (χ4n) is 3.71. The van der Waals surface area contributed by atoms with Crippen LogP contribution in [0.3, 0.4) is 0 Å². The summed E-state index contributed by atoms with van der Waals surface area (Å²) in [5, 5.41) is 7.78. The molecule has 0 spiro atoms. The van der Waals surface area contributed by atoms with Gasteiger partial charge < -0.3 is 4.90 Å². The number of halogens is 1. The minimum absolute atomic E-state index is 0.0861. The molecule has 0 aliphatic rings. The predicted molar refractivity (Wildman–Crippen MR) is 134 cm³/mol. The normalized spacial score (nSPS) is 11.1. The van der Waals surface area contributed by atoms with Crippen molar-refractivity contribution in [3.8, 4) is 16.9 Å². The van der Waals surface area contributed by atoms with Crippen LogP contribution in [0.15, 0.2) is 83.4 Å². The number of carbonyl (C=O) groups excluding carboxylic acids is 1. The van der Waals surface area contributed by atoms with Gasteiger partial charge in [-0.3, -0.25) is 14.2 Å². The fraction of sp³-hybridized carbons (Fsp3) is 0.120. The van der Waals surface area contributed by atoms with Gasteiger partial charge in [0.15, 0.2) is 0 Å². The Morgan fingerprint density at radius 3 is 2.62 bits per heavy atom. The molecule has 2 aromatic carbocycles. The van der Waals surface area contributed by atoms with Gasteiger partial charge in [0.25, 0.3) is 5.56 Å². The maximum absolute atomic E-state index is 13.0. The van der Waals surface area contributed by atoms with Crippen LogP contribution in [0.1, 0.15) is 5.56 Å². The summed E-state index contributed by atoms with van der Waals surface area (Å²) in [5.41, 5.74) is 3.24. The number of benzene rings is 2. The van der Waals surface area contributed by atoms with Crippen LogP contribution in [0, 0.1) is 0 Å². The van der Waals surface area contributed by atoms with Crippen molar-refractivity contribution in [2.45, 2.75) is 13.1 Å². The largest absolute Gasteiger partial charge is 0.340 e. The Bertz CT molecular complexity index is 1520. The van der Waals surface area contributed by atoms with Gasteiger partial charge >= 0.3 is 0 Å². The van der Waals surface area contributed by atoms with Crippen LogP contribution in [-0.2, 0) is 17.9 Å². The van der Waals surface area contributed by atoms with Gasteiger partial charge in [0, 0.05) is 35.9 Å². The molecule has 3 aromatic heterocycles. The molecule has 0 aliphatic carbocycles. The molecule has 0 bridgehead atoms. The minimum Gasteiger partial charge on any atom is -0.340 e.